The summed E-state index contributed by atoms with van der Waals surface area (Å²) in [5, 5.41) is 22.0. The van der Waals surface area contributed by atoms with E-state index in [0.29, 0.717) is 24.3 Å². The van der Waals surface area contributed by atoms with Crippen LogP contribution in [0.4, 0.5) is 27.5 Å². The quantitative estimate of drug-likeness (QED) is 0.288. The number of amides is 3. The molecule has 154 valence electrons. The SMILES string of the molecule is CC(C)NC(=O)Nc1ccccc1NC(=O)CCCNc1ccc([N+](=O)[O-])cc1. The summed E-state index contributed by atoms with van der Waals surface area (Å²) in [4.78, 5) is 34.3. The summed E-state index contributed by atoms with van der Waals surface area (Å²) < 4.78 is 0. The van der Waals surface area contributed by atoms with Crippen LogP contribution in [-0.4, -0.2) is 29.4 Å². The molecular formula is C20H25N5O4. The van der Waals surface area contributed by atoms with Gasteiger partial charge < -0.3 is 21.3 Å². The van der Waals surface area contributed by atoms with Gasteiger partial charge in [-0.3, -0.25) is 14.9 Å². The highest BCUT2D eigenvalue weighted by Crippen LogP contribution is 2.21. The van der Waals surface area contributed by atoms with Crippen molar-refractivity contribution in [3.05, 3.63) is 58.6 Å². The molecule has 0 spiro atoms. The second-order valence-electron chi connectivity index (χ2n) is 6.68. The maximum Gasteiger partial charge on any atom is 0.319 e. The molecule has 9 heteroatoms. The minimum atomic E-state index is -0.451. The molecule has 0 aromatic heterocycles. The maximum absolute atomic E-state index is 12.2. The number of hydrogen-bond donors (Lipinski definition) is 4. The Bertz CT molecular complexity index is 852. The topological polar surface area (TPSA) is 125 Å². The molecule has 3 amide bonds. The van der Waals surface area contributed by atoms with E-state index in [2.05, 4.69) is 21.3 Å². The number of nitrogens with zero attached hydrogens (tertiary/aromatic N) is 1. The molecule has 0 atom stereocenters. The predicted molar refractivity (Wildman–Crippen MR) is 113 cm³/mol. The van der Waals surface area contributed by atoms with E-state index in [9.17, 15) is 19.7 Å². The number of rotatable bonds is 9. The highest BCUT2D eigenvalue weighted by Gasteiger charge is 2.10. The molecule has 0 bridgehead atoms. The molecule has 0 unspecified atom stereocenters. The zero-order chi connectivity index (χ0) is 21.2. The molecule has 2 aromatic carbocycles. The molecule has 29 heavy (non-hydrogen) atoms. The van der Waals surface area contributed by atoms with Gasteiger partial charge in [0, 0.05) is 36.8 Å². The molecule has 0 aliphatic rings. The molecule has 2 rings (SSSR count). The van der Waals surface area contributed by atoms with E-state index in [-0.39, 0.29) is 30.1 Å². The van der Waals surface area contributed by atoms with Crippen molar-refractivity contribution < 1.29 is 14.5 Å². The standard InChI is InChI=1S/C20H25N5O4/c1-14(2)22-20(27)24-18-7-4-3-6-17(18)23-19(26)8-5-13-21-15-9-11-16(12-10-15)25(28)29/h3-4,6-7,9-12,14,21H,5,8,13H2,1-2H3,(H,23,26)(H2,22,24,27). The summed E-state index contributed by atoms with van der Waals surface area (Å²) in [6, 6.07) is 12.7. The van der Waals surface area contributed by atoms with Crippen LogP contribution in [0.25, 0.3) is 0 Å². The van der Waals surface area contributed by atoms with Gasteiger partial charge in [-0.05, 0) is 44.5 Å². The van der Waals surface area contributed by atoms with Crippen molar-refractivity contribution in [2.75, 3.05) is 22.5 Å². The van der Waals surface area contributed by atoms with E-state index in [1.807, 2.05) is 13.8 Å². The predicted octanol–water partition coefficient (Wildman–Crippen LogP) is 3.96. The lowest BCUT2D eigenvalue weighted by atomic mass is 10.2. The number of hydrogen-bond acceptors (Lipinski definition) is 5. The van der Waals surface area contributed by atoms with Gasteiger partial charge in [0.25, 0.3) is 5.69 Å². The van der Waals surface area contributed by atoms with Crippen molar-refractivity contribution in [1.29, 1.82) is 0 Å². The summed E-state index contributed by atoms with van der Waals surface area (Å²) in [6.07, 6.45) is 0.860. The van der Waals surface area contributed by atoms with Crippen LogP contribution in [0.15, 0.2) is 48.5 Å². The van der Waals surface area contributed by atoms with Crippen LogP contribution < -0.4 is 21.3 Å². The smallest absolute Gasteiger partial charge is 0.319 e. The highest BCUT2D eigenvalue weighted by atomic mass is 16.6. The van der Waals surface area contributed by atoms with Gasteiger partial charge in [-0.15, -0.1) is 0 Å². The number of anilines is 3. The first-order valence-corrected chi connectivity index (χ1v) is 9.30. The number of carbonyl (C=O) groups excluding carboxylic acids is 2. The normalized spacial score (nSPS) is 10.3. The molecule has 4 N–H and O–H groups in total. The highest BCUT2D eigenvalue weighted by molar-refractivity contribution is 5.99. The molecule has 0 aliphatic carbocycles. The number of non-ortho nitro benzene ring substituents is 1. The van der Waals surface area contributed by atoms with Gasteiger partial charge in [0.15, 0.2) is 0 Å². The molecule has 0 heterocycles. The summed E-state index contributed by atoms with van der Waals surface area (Å²) in [7, 11) is 0. The zero-order valence-corrected chi connectivity index (χ0v) is 16.4. The Balaban J connectivity index is 1.79. The van der Waals surface area contributed by atoms with Crippen LogP contribution in [0.3, 0.4) is 0 Å². The van der Waals surface area contributed by atoms with Crippen LogP contribution in [0.2, 0.25) is 0 Å². The fourth-order valence-electron chi connectivity index (χ4n) is 2.52. The monoisotopic (exact) mass is 399 g/mol. The average molecular weight is 399 g/mol. The third kappa shape index (κ3) is 7.49. The van der Waals surface area contributed by atoms with Gasteiger partial charge in [0.1, 0.15) is 0 Å². The Kier molecular flexibility index (Phi) is 7.96. The summed E-state index contributed by atoms with van der Waals surface area (Å²) in [5.74, 6) is -0.172. The fourth-order valence-corrected chi connectivity index (χ4v) is 2.52. The van der Waals surface area contributed by atoms with Gasteiger partial charge in [-0.25, -0.2) is 4.79 Å². The largest absolute Gasteiger partial charge is 0.385 e. The first-order chi connectivity index (χ1) is 13.8. The minimum absolute atomic E-state index is 0.00000471. The summed E-state index contributed by atoms with van der Waals surface area (Å²) in [5.41, 5.74) is 1.83. The number of benzene rings is 2. The van der Waals surface area contributed by atoms with E-state index in [0.717, 1.165) is 5.69 Å². The second kappa shape index (κ2) is 10.6. The molecule has 0 aliphatic heterocycles. The number of nitrogens with one attached hydrogen (secondary N) is 4. The Labute approximate surface area is 169 Å². The number of para-hydroxylation sites is 2. The van der Waals surface area contributed by atoms with Gasteiger partial charge in [-0.2, -0.15) is 0 Å². The summed E-state index contributed by atoms with van der Waals surface area (Å²) >= 11 is 0. The van der Waals surface area contributed by atoms with E-state index < -0.39 is 4.92 Å². The lowest BCUT2D eigenvalue weighted by Crippen LogP contribution is -2.34. The molecular weight excluding hydrogens is 374 g/mol. The summed E-state index contributed by atoms with van der Waals surface area (Å²) in [6.45, 7) is 4.26. The molecule has 0 fully saturated rings. The zero-order valence-electron chi connectivity index (χ0n) is 16.4. The molecule has 2 aromatic rings. The van der Waals surface area contributed by atoms with E-state index in [4.69, 9.17) is 0 Å². The van der Waals surface area contributed by atoms with Crippen molar-refractivity contribution in [2.45, 2.75) is 32.7 Å². The molecule has 0 saturated carbocycles. The number of nitro groups is 1. The van der Waals surface area contributed by atoms with E-state index in [1.54, 1.807) is 36.4 Å². The van der Waals surface area contributed by atoms with Crippen molar-refractivity contribution in [2.24, 2.45) is 0 Å². The lowest BCUT2D eigenvalue weighted by Gasteiger charge is -2.14. The number of nitro benzene ring substituents is 1. The van der Waals surface area contributed by atoms with Crippen molar-refractivity contribution >= 4 is 34.7 Å². The fraction of sp³-hybridized carbons (Fsp3) is 0.300. The minimum Gasteiger partial charge on any atom is -0.385 e. The van der Waals surface area contributed by atoms with Crippen molar-refractivity contribution in [3.8, 4) is 0 Å². The maximum atomic E-state index is 12.2. The van der Waals surface area contributed by atoms with Crippen LogP contribution >= 0.6 is 0 Å². The number of urea groups is 1. The van der Waals surface area contributed by atoms with Gasteiger partial charge >= 0.3 is 6.03 Å². The molecule has 0 saturated heterocycles. The van der Waals surface area contributed by atoms with Crippen LogP contribution in [-0.2, 0) is 4.79 Å². The Morgan fingerprint density at radius 3 is 2.21 bits per heavy atom. The third-order valence-electron chi connectivity index (χ3n) is 3.86. The van der Waals surface area contributed by atoms with Crippen LogP contribution in [0, 0.1) is 10.1 Å². The second-order valence-corrected chi connectivity index (χ2v) is 6.68. The first kappa shape index (κ1) is 21.7. The third-order valence-corrected chi connectivity index (χ3v) is 3.86. The Morgan fingerprint density at radius 1 is 1.00 bits per heavy atom. The molecule has 0 radical (unpaired) electrons. The van der Waals surface area contributed by atoms with Gasteiger partial charge in [0.05, 0.1) is 16.3 Å². The Hall–Kier alpha value is -3.62. The lowest BCUT2D eigenvalue weighted by molar-refractivity contribution is -0.384. The van der Waals surface area contributed by atoms with Crippen molar-refractivity contribution in [1.82, 2.24) is 5.32 Å². The number of carbonyl (C=O) groups is 2. The van der Waals surface area contributed by atoms with Crippen molar-refractivity contribution in [3.63, 3.8) is 0 Å². The van der Waals surface area contributed by atoms with Crippen LogP contribution in [0.5, 0.6) is 0 Å². The van der Waals surface area contributed by atoms with E-state index in [1.165, 1.54) is 12.1 Å². The Morgan fingerprint density at radius 2 is 1.62 bits per heavy atom. The van der Waals surface area contributed by atoms with E-state index >= 15 is 0 Å². The molecule has 9 nitrogen and oxygen atoms in total. The van der Waals surface area contributed by atoms with Crippen LogP contribution in [0.1, 0.15) is 26.7 Å². The first-order valence-electron chi connectivity index (χ1n) is 9.30. The van der Waals surface area contributed by atoms with Gasteiger partial charge in [0.2, 0.25) is 5.91 Å². The van der Waals surface area contributed by atoms with Gasteiger partial charge in [-0.1, -0.05) is 12.1 Å². The average Bonchev–Trinajstić information content (AvgIpc) is 2.66.